The molecule has 0 aromatic heterocycles. The third-order valence-electron chi connectivity index (χ3n) is 6.08. The molecular weight excluding hydrogens is 567 g/mol. The number of carbonyl (C=O) groups excluding carboxylic acids is 3. The molecule has 1 aliphatic heterocycles. The van der Waals surface area contributed by atoms with Crippen LogP contribution < -0.4 is 15.0 Å². The lowest BCUT2D eigenvalue weighted by Crippen LogP contribution is -2.54. The highest BCUT2D eigenvalue weighted by molar-refractivity contribution is 14.1. The number of nitrogens with one attached hydrogen (secondary N) is 1. The van der Waals surface area contributed by atoms with Gasteiger partial charge in [-0.05, 0) is 96.8 Å². The first kappa shape index (κ1) is 25.6. The zero-order valence-electron chi connectivity index (χ0n) is 20.9. The molecule has 0 saturated carbocycles. The molecule has 1 aliphatic rings. The van der Waals surface area contributed by atoms with Gasteiger partial charge < -0.3 is 4.74 Å². The van der Waals surface area contributed by atoms with Crippen LogP contribution in [0.4, 0.5) is 10.5 Å². The zero-order valence-corrected chi connectivity index (χ0v) is 23.0. The average molecular weight is 594 g/mol. The van der Waals surface area contributed by atoms with Crippen molar-refractivity contribution in [2.45, 2.75) is 34.1 Å². The summed E-state index contributed by atoms with van der Waals surface area (Å²) >= 11 is 2.25. The molecule has 7 heteroatoms. The normalized spacial score (nSPS) is 14.9. The van der Waals surface area contributed by atoms with E-state index in [1.165, 1.54) is 22.8 Å². The van der Waals surface area contributed by atoms with Gasteiger partial charge in [-0.1, -0.05) is 41.5 Å². The van der Waals surface area contributed by atoms with Crippen molar-refractivity contribution in [2.75, 3.05) is 12.0 Å². The van der Waals surface area contributed by atoms with E-state index in [0.717, 1.165) is 25.2 Å². The van der Waals surface area contributed by atoms with Gasteiger partial charge in [-0.3, -0.25) is 14.9 Å². The number of halogens is 1. The Morgan fingerprint density at radius 1 is 0.917 bits per heavy atom. The number of rotatable bonds is 5. The first-order valence-electron chi connectivity index (χ1n) is 11.5. The monoisotopic (exact) mass is 594 g/mol. The molecule has 36 heavy (non-hydrogen) atoms. The lowest BCUT2D eigenvalue weighted by atomic mass is 9.98. The summed E-state index contributed by atoms with van der Waals surface area (Å²) in [6.07, 6.45) is 2.20. The van der Waals surface area contributed by atoms with E-state index in [2.05, 4.69) is 60.0 Å². The first-order valence-corrected chi connectivity index (χ1v) is 12.6. The van der Waals surface area contributed by atoms with Crippen LogP contribution in [0, 0.1) is 31.3 Å². The Labute approximate surface area is 224 Å². The van der Waals surface area contributed by atoms with Crippen LogP contribution in [-0.2, 0) is 16.0 Å². The maximum Gasteiger partial charge on any atom is 0.335 e. The van der Waals surface area contributed by atoms with Gasteiger partial charge in [-0.25, -0.2) is 9.69 Å². The second-order valence-electron chi connectivity index (χ2n) is 9.10. The molecule has 3 aromatic rings. The molecule has 1 heterocycles. The number of aryl methyl sites for hydroxylation is 4. The third kappa shape index (κ3) is 5.21. The average Bonchev–Trinajstić information content (AvgIpc) is 2.79. The molecule has 0 bridgehead atoms. The van der Waals surface area contributed by atoms with Crippen LogP contribution in [0.2, 0.25) is 0 Å². The van der Waals surface area contributed by atoms with Crippen LogP contribution in [-0.4, -0.2) is 25.0 Å². The predicted molar refractivity (Wildman–Crippen MR) is 149 cm³/mol. The zero-order chi connectivity index (χ0) is 26.1. The first-order chi connectivity index (χ1) is 17.1. The SMILES string of the molecule is COc1cc(/C=C2\C(=O)NC(=O)N(c3cc(C)ccc3C)C2=O)cc(I)c1Cc1cc(C)cc(C)c1. The molecule has 4 amide bonds. The number of barbiturate groups is 1. The maximum absolute atomic E-state index is 13.4. The van der Waals surface area contributed by atoms with Crippen LogP contribution in [0.5, 0.6) is 5.75 Å². The second kappa shape index (κ2) is 10.3. The van der Waals surface area contributed by atoms with E-state index in [0.29, 0.717) is 23.4 Å². The molecule has 0 spiro atoms. The standard InChI is InChI=1S/C29H27IN2O4/c1-16-6-7-19(4)25(11-16)32-28(34)23(27(33)31-29(32)35)13-21-14-24(30)22(26(15-21)36-5)12-20-9-17(2)8-18(3)10-20/h6-11,13-15H,12H2,1-5H3,(H,31,33,35)/b23-13+. The summed E-state index contributed by atoms with van der Waals surface area (Å²) in [5.74, 6) is -0.718. The molecule has 1 fully saturated rings. The molecule has 0 unspecified atom stereocenters. The van der Waals surface area contributed by atoms with Crippen LogP contribution in [0.1, 0.15) is 38.9 Å². The van der Waals surface area contributed by atoms with Crippen LogP contribution in [0.15, 0.2) is 54.1 Å². The summed E-state index contributed by atoms with van der Waals surface area (Å²) in [6.45, 7) is 7.85. The smallest absolute Gasteiger partial charge is 0.335 e. The number of hydrogen-bond donors (Lipinski definition) is 1. The molecule has 184 valence electrons. The summed E-state index contributed by atoms with van der Waals surface area (Å²) in [5, 5.41) is 2.30. The van der Waals surface area contributed by atoms with Crippen molar-refractivity contribution in [1.29, 1.82) is 0 Å². The number of imide groups is 2. The van der Waals surface area contributed by atoms with Gasteiger partial charge in [0.25, 0.3) is 11.8 Å². The van der Waals surface area contributed by atoms with E-state index in [-0.39, 0.29) is 5.57 Å². The van der Waals surface area contributed by atoms with Crippen molar-refractivity contribution < 1.29 is 19.1 Å². The Hall–Kier alpha value is -3.46. The third-order valence-corrected chi connectivity index (χ3v) is 7.04. The summed E-state index contributed by atoms with van der Waals surface area (Å²) in [4.78, 5) is 39.7. The number of methoxy groups -OCH3 is 1. The fraction of sp³-hybridized carbons (Fsp3) is 0.207. The fourth-order valence-electron chi connectivity index (χ4n) is 4.45. The van der Waals surface area contributed by atoms with Crippen molar-refractivity contribution >= 4 is 52.2 Å². The minimum Gasteiger partial charge on any atom is -0.496 e. The number of nitrogens with zero attached hydrogens (tertiary/aromatic N) is 1. The van der Waals surface area contributed by atoms with Gasteiger partial charge in [0, 0.05) is 15.6 Å². The van der Waals surface area contributed by atoms with E-state index in [9.17, 15) is 14.4 Å². The van der Waals surface area contributed by atoms with Crippen molar-refractivity contribution in [2.24, 2.45) is 0 Å². The summed E-state index contributed by atoms with van der Waals surface area (Å²) < 4.78 is 6.64. The number of benzene rings is 3. The minimum atomic E-state index is -0.758. The van der Waals surface area contributed by atoms with E-state index in [1.807, 2.05) is 38.1 Å². The maximum atomic E-state index is 13.4. The lowest BCUT2D eigenvalue weighted by molar-refractivity contribution is -0.122. The number of amides is 4. The molecule has 1 saturated heterocycles. The van der Waals surface area contributed by atoms with E-state index < -0.39 is 17.8 Å². The molecule has 4 rings (SSSR count). The van der Waals surface area contributed by atoms with Crippen molar-refractivity contribution in [3.63, 3.8) is 0 Å². The van der Waals surface area contributed by atoms with Crippen molar-refractivity contribution in [3.05, 3.63) is 96.6 Å². The van der Waals surface area contributed by atoms with Gasteiger partial charge in [0.15, 0.2) is 0 Å². The number of hydrogen-bond acceptors (Lipinski definition) is 4. The number of ether oxygens (including phenoxy) is 1. The van der Waals surface area contributed by atoms with Crippen LogP contribution in [0.3, 0.4) is 0 Å². The van der Waals surface area contributed by atoms with Gasteiger partial charge >= 0.3 is 6.03 Å². The molecule has 3 aromatic carbocycles. The summed E-state index contributed by atoms with van der Waals surface area (Å²) in [5.41, 5.74) is 7.23. The number of anilines is 1. The van der Waals surface area contributed by atoms with E-state index in [1.54, 1.807) is 13.2 Å². The Morgan fingerprint density at radius 3 is 2.28 bits per heavy atom. The Bertz CT molecular complexity index is 1420. The Kier molecular flexibility index (Phi) is 7.31. The highest BCUT2D eigenvalue weighted by Gasteiger charge is 2.37. The Balaban J connectivity index is 1.73. The largest absolute Gasteiger partial charge is 0.496 e. The predicted octanol–water partition coefficient (Wildman–Crippen LogP) is 5.79. The van der Waals surface area contributed by atoms with Crippen molar-refractivity contribution in [1.82, 2.24) is 5.32 Å². The van der Waals surface area contributed by atoms with Gasteiger partial charge in [0.05, 0.1) is 12.8 Å². The molecule has 0 radical (unpaired) electrons. The molecule has 1 N–H and O–H groups in total. The number of carbonyl (C=O) groups is 3. The quantitative estimate of drug-likeness (QED) is 0.231. The molecule has 0 aliphatic carbocycles. The van der Waals surface area contributed by atoms with Gasteiger partial charge in [-0.15, -0.1) is 0 Å². The summed E-state index contributed by atoms with van der Waals surface area (Å²) in [7, 11) is 1.60. The lowest BCUT2D eigenvalue weighted by Gasteiger charge is -2.28. The van der Waals surface area contributed by atoms with Gasteiger partial charge in [0.2, 0.25) is 0 Å². The molecule has 6 nitrogen and oxygen atoms in total. The van der Waals surface area contributed by atoms with Gasteiger partial charge in [-0.2, -0.15) is 0 Å². The fourth-order valence-corrected chi connectivity index (χ4v) is 5.26. The topological polar surface area (TPSA) is 75.7 Å². The van der Waals surface area contributed by atoms with E-state index in [4.69, 9.17) is 4.74 Å². The van der Waals surface area contributed by atoms with E-state index >= 15 is 0 Å². The molecule has 0 atom stereocenters. The van der Waals surface area contributed by atoms with Crippen LogP contribution in [0.25, 0.3) is 6.08 Å². The highest BCUT2D eigenvalue weighted by atomic mass is 127. The Morgan fingerprint density at radius 2 is 1.61 bits per heavy atom. The summed E-state index contributed by atoms with van der Waals surface area (Å²) in [6, 6.07) is 14.9. The second-order valence-corrected chi connectivity index (χ2v) is 10.3. The number of urea groups is 1. The van der Waals surface area contributed by atoms with Gasteiger partial charge in [0.1, 0.15) is 11.3 Å². The van der Waals surface area contributed by atoms with Crippen LogP contribution >= 0.6 is 22.6 Å². The molecular formula is C29H27IN2O4. The highest BCUT2D eigenvalue weighted by Crippen LogP contribution is 2.31. The minimum absolute atomic E-state index is 0.115. The van der Waals surface area contributed by atoms with Crippen molar-refractivity contribution in [3.8, 4) is 5.75 Å².